The quantitative estimate of drug-likeness (QED) is 0.473. The van der Waals surface area contributed by atoms with Crippen LogP contribution in [0.1, 0.15) is 25.0 Å². The Bertz CT molecular complexity index is 1250. The molecule has 0 aliphatic heterocycles. The highest BCUT2D eigenvalue weighted by atomic mass is 35.5. The molecular weight excluding hydrogens is 491 g/mol. The van der Waals surface area contributed by atoms with Crippen molar-refractivity contribution in [1.29, 1.82) is 0 Å². The van der Waals surface area contributed by atoms with E-state index in [4.69, 9.17) is 16.3 Å². The molecule has 14 heteroatoms. The number of pyridine rings is 2. The van der Waals surface area contributed by atoms with E-state index in [1.165, 1.54) is 29.2 Å². The SMILES string of the molecule is C[C@@H](OC(=O)Nc1c(-c2ccc(NC(=O)C3CC3C(F)(F)F)cn2)nnn1C)c1cccnc1Cl. The molecule has 0 radical (unpaired) electrons. The number of hydrogen-bond acceptors (Lipinski definition) is 7. The van der Waals surface area contributed by atoms with Gasteiger partial charge in [-0.1, -0.05) is 22.9 Å². The van der Waals surface area contributed by atoms with Crippen molar-refractivity contribution in [2.24, 2.45) is 18.9 Å². The van der Waals surface area contributed by atoms with Crippen molar-refractivity contribution in [1.82, 2.24) is 25.0 Å². The van der Waals surface area contributed by atoms with E-state index in [1.54, 1.807) is 26.1 Å². The molecule has 2 N–H and O–H groups in total. The number of aromatic nitrogens is 5. The number of amides is 2. The number of carbonyl (C=O) groups excluding carboxylic acids is 2. The summed E-state index contributed by atoms with van der Waals surface area (Å²) in [6.07, 6.45) is -3.30. The summed E-state index contributed by atoms with van der Waals surface area (Å²) in [5, 5.41) is 13.1. The maximum atomic E-state index is 12.7. The number of halogens is 4. The molecule has 0 saturated heterocycles. The largest absolute Gasteiger partial charge is 0.441 e. The Balaban J connectivity index is 1.41. The molecule has 3 atom stereocenters. The first-order chi connectivity index (χ1) is 16.5. The Morgan fingerprint density at radius 3 is 2.63 bits per heavy atom. The van der Waals surface area contributed by atoms with E-state index in [2.05, 4.69) is 30.9 Å². The maximum absolute atomic E-state index is 12.7. The van der Waals surface area contributed by atoms with Crippen molar-refractivity contribution >= 4 is 35.1 Å². The van der Waals surface area contributed by atoms with Crippen LogP contribution in [0.5, 0.6) is 0 Å². The molecule has 0 aromatic carbocycles. The van der Waals surface area contributed by atoms with E-state index in [9.17, 15) is 22.8 Å². The fourth-order valence-corrected chi connectivity index (χ4v) is 3.68. The predicted molar refractivity (Wildman–Crippen MR) is 118 cm³/mol. The van der Waals surface area contributed by atoms with Crippen LogP contribution in [0.2, 0.25) is 5.15 Å². The number of ether oxygens (including phenoxy) is 1. The standard InChI is InChI=1S/C21H19ClF3N7O3/c1-10(12-4-3-7-26-17(12)22)35-20(34)29-18-16(30-31-32(18)2)15-6-5-11(9-27-15)28-19(33)13-8-14(13)21(23,24)25/h3-7,9-10,13-14H,8H2,1-2H3,(H,28,33)(H,29,34)/t10-,13?,14?/m1/s1. The Kier molecular flexibility index (Phi) is 6.61. The van der Waals surface area contributed by atoms with Crippen molar-refractivity contribution in [3.63, 3.8) is 0 Å². The summed E-state index contributed by atoms with van der Waals surface area (Å²) in [5.41, 5.74) is 1.27. The minimum absolute atomic E-state index is 0.190. The van der Waals surface area contributed by atoms with Gasteiger partial charge >= 0.3 is 12.3 Å². The fourth-order valence-electron chi connectivity index (χ4n) is 3.41. The highest BCUT2D eigenvalue weighted by molar-refractivity contribution is 6.30. The number of aryl methyl sites for hydroxylation is 1. The van der Waals surface area contributed by atoms with Gasteiger partial charge in [0.15, 0.2) is 11.5 Å². The number of alkyl halides is 3. The van der Waals surface area contributed by atoms with Crippen LogP contribution in [-0.2, 0) is 16.6 Å². The number of carbonyl (C=O) groups is 2. The van der Waals surface area contributed by atoms with Crippen molar-refractivity contribution < 1.29 is 27.5 Å². The maximum Gasteiger partial charge on any atom is 0.413 e. The molecule has 2 amide bonds. The molecular formula is C21H19ClF3N7O3. The van der Waals surface area contributed by atoms with Crippen LogP contribution in [0.3, 0.4) is 0 Å². The molecule has 35 heavy (non-hydrogen) atoms. The van der Waals surface area contributed by atoms with E-state index in [-0.39, 0.29) is 28.8 Å². The lowest BCUT2D eigenvalue weighted by molar-refractivity contribution is -0.153. The number of rotatable bonds is 6. The number of hydrogen-bond donors (Lipinski definition) is 2. The first-order valence-corrected chi connectivity index (χ1v) is 10.7. The molecule has 10 nitrogen and oxygen atoms in total. The van der Waals surface area contributed by atoms with Crippen LogP contribution in [0.15, 0.2) is 36.7 Å². The third kappa shape index (κ3) is 5.50. The molecule has 0 spiro atoms. The minimum atomic E-state index is -4.39. The summed E-state index contributed by atoms with van der Waals surface area (Å²) in [6.45, 7) is 1.64. The number of nitrogens with one attached hydrogen (secondary N) is 2. The van der Waals surface area contributed by atoms with E-state index in [0.717, 1.165) is 0 Å². The summed E-state index contributed by atoms with van der Waals surface area (Å²) in [7, 11) is 1.55. The van der Waals surface area contributed by atoms with Crippen molar-refractivity contribution in [3.05, 3.63) is 47.4 Å². The summed E-state index contributed by atoms with van der Waals surface area (Å²) in [4.78, 5) is 32.6. The summed E-state index contributed by atoms with van der Waals surface area (Å²) in [5.74, 6) is -3.23. The van der Waals surface area contributed by atoms with Crippen LogP contribution in [0.25, 0.3) is 11.4 Å². The fraction of sp³-hybridized carbons (Fsp3) is 0.333. The van der Waals surface area contributed by atoms with Gasteiger partial charge in [-0.05, 0) is 31.5 Å². The molecule has 1 aliphatic rings. The second-order valence-electron chi connectivity index (χ2n) is 7.88. The lowest BCUT2D eigenvalue weighted by Crippen LogP contribution is -2.20. The van der Waals surface area contributed by atoms with Gasteiger partial charge in [0.05, 0.1) is 29.4 Å². The zero-order chi connectivity index (χ0) is 25.3. The second-order valence-corrected chi connectivity index (χ2v) is 8.24. The molecule has 1 fully saturated rings. The Morgan fingerprint density at radius 1 is 1.23 bits per heavy atom. The van der Waals surface area contributed by atoms with E-state index < -0.39 is 36.1 Å². The lowest BCUT2D eigenvalue weighted by Gasteiger charge is -2.15. The second kappa shape index (κ2) is 9.49. The molecule has 0 bridgehead atoms. The molecule has 2 unspecified atom stereocenters. The van der Waals surface area contributed by atoms with Gasteiger partial charge in [-0.25, -0.2) is 14.5 Å². The molecule has 1 saturated carbocycles. The zero-order valence-corrected chi connectivity index (χ0v) is 19.1. The van der Waals surface area contributed by atoms with Gasteiger partial charge in [-0.2, -0.15) is 13.2 Å². The van der Waals surface area contributed by atoms with Crippen LogP contribution in [0.4, 0.5) is 29.5 Å². The average molecular weight is 510 g/mol. The molecule has 184 valence electrons. The highest BCUT2D eigenvalue weighted by Gasteiger charge is 2.58. The van der Waals surface area contributed by atoms with Crippen molar-refractivity contribution in [2.45, 2.75) is 25.6 Å². The number of anilines is 2. The van der Waals surface area contributed by atoms with Gasteiger partial charge < -0.3 is 10.1 Å². The average Bonchev–Trinajstić information content (AvgIpc) is 3.55. The topological polar surface area (TPSA) is 124 Å². The lowest BCUT2D eigenvalue weighted by atomic mass is 10.2. The third-order valence-corrected chi connectivity index (χ3v) is 5.69. The van der Waals surface area contributed by atoms with Gasteiger partial charge in [0.1, 0.15) is 11.3 Å². The smallest absolute Gasteiger partial charge is 0.413 e. The van der Waals surface area contributed by atoms with E-state index in [1.807, 2.05) is 0 Å². The first kappa shape index (κ1) is 24.4. The van der Waals surface area contributed by atoms with Crippen molar-refractivity contribution in [2.75, 3.05) is 10.6 Å². The summed E-state index contributed by atoms with van der Waals surface area (Å²) in [6, 6.07) is 6.30. The Hall–Kier alpha value is -3.74. The Morgan fingerprint density at radius 2 is 2.00 bits per heavy atom. The monoisotopic (exact) mass is 509 g/mol. The summed E-state index contributed by atoms with van der Waals surface area (Å²) >= 11 is 6.04. The molecule has 1 aliphatic carbocycles. The summed E-state index contributed by atoms with van der Waals surface area (Å²) < 4.78 is 44.7. The van der Waals surface area contributed by atoms with Gasteiger partial charge in [-0.3, -0.25) is 15.1 Å². The Labute approximate surface area is 201 Å². The van der Waals surface area contributed by atoms with Crippen molar-refractivity contribution in [3.8, 4) is 11.4 Å². The van der Waals surface area contributed by atoms with Gasteiger partial charge in [0.25, 0.3) is 0 Å². The van der Waals surface area contributed by atoms with Gasteiger partial charge in [0.2, 0.25) is 5.91 Å². The molecule has 3 heterocycles. The van der Waals surface area contributed by atoms with Crippen LogP contribution in [-0.4, -0.2) is 43.1 Å². The van der Waals surface area contributed by atoms with Crippen LogP contribution < -0.4 is 10.6 Å². The van der Waals surface area contributed by atoms with Gasteiger partial charge in [0, 0.05) is 18.8 Å². The van der Waals surface area contributed by atoms with Gasteiger partial charge in [-0.15, -0.1) is 5.10 Å². The van der Waals surface area contributed by atoms with Crippen LogP contribution in [0, 0.1) is 11.8 Å². The highest BCUT2D eigenvalue weighted by Crippen LogP contribution is 2.50. The van der Waals surface area contributed by atoms with E-state index >= 15 is 0 Å². The molecule has 4 rings (SSSR count). The van der Waals surface area contributed by atoms with Crippen LogP contribution >= 0.6 is 11.6 Å². The first-order valence-electron chi connectivity index (χ1n) is 10.4. The predicted octanol–water partition coefficient (Wildman–Crippen LogP) is 4.37. The molecule has 3 aromatic heterocycles. The minimum Gasteiger partial charge on any atom is -0.441 e. The third-order valence-electron chi connectivity index (χ3n) is 5.38. The zero-order valence-electron chi connectivity index (χ0n) is 18.4. The molecule has 3 aromatic rings. The van der Waals surface area contributed by atoms with E-state index in [0.29, 0.717) is 11.3 Å². The number of nitrogens with zero attached hydrogens (tertiary/aromatic N) is 5. The normalized spacial score (nSPS) is 18.0.